The van der Waals surface area contributed by atoms with Gasteiger partial charge in [0, 0.05) is 10.5 Å². The Kier molecular flexibility index (Phi) is 3.32. The molecule has 0 saturated carbocycles. The van der Waals surface area contributed by atoms with E-state index in [2.05, 4.69) is 15.9 Å². The number of nitrogens with zero attached hydrogens (tertiary/aromatic N) is 1. The van der Waals surface area contributed by atoms with Crippen molar-refractivity contribution in [2.45, 2.75) is 6.18 Å². The Balaban J connectivity index is 3.64. The fourth-order valence-corrected chi connectivity index (χ4v) is 1.72. The number of carbonyl (C=O) groups is 1. The first-order valence-corrected chi connectivity index (χ1v) is 4.57. The zero-order valence-electron chi connectivity index (χ0n) is 7.42. The molecule has 0 unspecified atom stereocenters. The highest BCUT2D eigenvalue weighted by atomic mass is 79.9. The van der Waals surface area contributed by atoms with Crippen molar-refractivity contribution in [2.75, 3.05) is 0 Å². The minimum absolute atomic E-state index is 0.175. The summed E-state index contributed by atoms with van der Waals surface area (Å²) in [6.45, 7) is 0. The lowest BCUT2D eigenvalue weighted by molar-refractivity contribution is -0.385. The van der Waals surface area contributed by atoms with E-state index < -0.39 is 32.4 Å². The summed E-state index contributed by atoms with van der Waals surface area (Å²) < 4.78 is 37.2. The van der Waals surface area contributed by atoms with Crippen LogP contribution in [0.15, 0.2) is 16.6 Å². The van der Waals surface area contributed by atoms with E-state index in [0.717, 1.165) is 12.1 Å². The smallest absolute Gasteiger partial charge is 0.298 e. The van der Waals surface area contributed by atoms with Gasteiger partial charge in [-0.05, 0) is 6.07 Å². The molecule has 0 aliphatic carbocycles. The number of nitro groups is 1. The summed E-state index contributed by atoms with van der Waals surface area (Å²) in [6.07, 6.45) is -5.01. The van der Waals surface area contributed by atoms with Crippen LogP contribution in [0.25, 0.3) is 0 Å². The predicted octanol–water partition coefficient (Wildman–Crippen LogP) is 3.19. The van der Waals surface area contributed by atoms with Gasteiger partial charge in [0.15, 0.2) is 6.29 Å². The Hall–Kier alpha value is -1.44. The minimum Gasteiger partial charge on any atom is -0.298 e. The van der Waals surface area contributed by atoms with Crippen LogP contribution in [0, 0.1) is 10.1 Å². The average molecular weight is 298 g/mol. The summed E-state index contributed by atoms with van der Waals surface area (Å²) in [7, 11) is 0. The third-order valence-corrected chi connectivity index (χ3v) is 2.43. The molecule has 0 spiro atoms. The lowest BCUT2D eigenvalue weighted by atomic mass is 10.1. The van der Waals surface area contributed by atoms with Crippen LogP contribution in [0.4, 0.5) is 18.9 Å². The molecule has 0 saturated heterocycles. The predicted molar refractivity (Wildman–Crippen MR) is 51.2 cm³/mol. The Morgan fingerprint density at radius 1 is 1.38 bits per heavy atom. The average Bonchev–Trinajstić information content (AvgIpc) is 2.14. The van der Waals surface area contributed by atoms with Gasteiger partial charge in [-0.2, -0.15) is 13.2 Å². The largest absolute Gasteiger partial charge is 0.418 e. The fraction of sp³-hybridized carbons (Fsp3) is 0.125. The van der Waals surface area contributed by atoms with Gasteiger partial charge >= 0.3 is 6.18 Å². The van der Waals surface area contributed by atoms with Gasteiger partial charge in [-0.15, -0.1) is 0 Å². The molecule has 0 aromatic heterocycles. The van der Waals surface area contributed by atoms with Crippen LogP contribution in [0.5, 0.6) is 0 Å². The Morgan fingerprint density at radius 3 is 2.31 bits per heavy atom. The number of benzene rings is 1. The number of carbonyl (C=O) groups excluding carboxylic acids is 1. The van der Waals surface area contributed by atoms with Gasteiger partial charge in [0.25, 0.3) is 5.69 Å². The van der Waals surface area contributed by atoms with Crippen molar-refractivity contribution in [3.63, 3.8) is 0 Å². The van der Waals surface area contributed by atoms with Crippen molar-refractivity contribution < 1.29 is 22.9 Å². The second-order valence-corrected chi connectivity index (χ2v) is 3.58. The third kappa shape index (κ3) is 2.21. The first-order valence-electron chi connectivity index (χ1n) is 3.78. The highest BCUT2D eigenvalue weighted by molar-refractivity contribution is 9.10. The van der Waals surface area contributed by atoms with Gasteiger partial charge in [0.2, 0.25) is 0 Å². The molecule has 1 aromatic carbocycles. The van der Waals surface area contributed by atoms with Gasteiger partial charge in [-0.25, -0.2) is 0 Å². The number of alkyl halides is 3. The molecule has 0 atom stereocenters. The van der Waals surface area contributed by atoms with E-state index in [0.29, 0.717) is 0 Å². The first kappa shape index (κ1) is 12.6. The topological polar surface area (TPSA) is 60.2 Å². The summed E-state index contributed by atoms with van der Waals surface area (Å²) in [5.41, 5.74) is -3.19. The van der Waals surface area contributed by atoms with E-state index in [-0.39, 0.29) is 6.29 Å². The molecule has 0 radical (unpaired) electrons. The molecule has 86 valence electrons. The summed E-state index contributed by atoms with van der Waals surface area (Å²) in [5.74, 6) is 0. The number of rotatable bonds is 2. The molecule has 0 N–H and O–H groups in total. The molecule has 0 aliphatic rings. The van der Waals surface area contributed by atoms with Gasteiger partial charge in [-0.1, -0.05) is 15.9 Å². The van der Waals surface area contributed by atoms with Crippen molar-refractivity contribution in [3.8, 4) is 0 Å². The van der Waals surface area contributed by atoms with Crippen LogP contribution in [0.2, 0.25) is 0 Å². The second-order valence-electron chi connectivity index (χ2n) is 2.73. The van der Waals surface area contributed by atoms with E-state index in [1.807, 2.05) is 0 Å². The van der Waals surface area contributed by atoms with Gasteiger partial charge in [0.05, 0.1) is 10.5 Å². The summed E-state index contributed by atoms with van der Waals surface area (Å²) >= 11 is 2.61. The van der Waals surface area contributed by atoms with Gasteiger partial charge < -0.3 is 0 Å². The number of halogens is 4. The van der Waals surface area contributed by atoms with Crippen LogP contribution in [-0.4, -0.2) is 11.2 Å². The van der Waals surface area contributed by atoms with Crippen LogP contribution >= 0.6 is 15.9 Å². The van der Waals surface area contributed by atoms with Gasteiger partial charge in [0.1, 0.15) is 5.56 Å². The molecule has 4 nitrogen and oxygen atoms in total. The lowest BCUT2D eigenvalue weighted by Crippen LogP contribution is -2.12. The van der Waals surface area contributed by atoms with E-state index in [9.17, 15) is 28.1 Å². The fourth-order valence-electron chi connectivity index (χ4n) is 1.15. The summed E-state index contributed by atoms with van der Waals surface area (Å²) in [5, 5.41) is 10.4. The molecule has 0 heterocycles. The van der Waals surface area contributed by atoms with E-state index in [1.54, 1.807) is 0 Å². The minimum atomic E-state index is -4.83. The number of hydrogen-bond donors (Lipinski definition) is 0. The van der Waals surface area contributed by atoms with Gasteiger partial charge in [-0.3, -0.25) is 14.9 Å². The lowest BCUT2D eigenvalue weighted by Gasteiger charge is -2.11. The monoisotopic (exact) mass is 297 g/mol. The molecule has 1 rings (SSSR count). The van der Waals surface area contributed by atoms with Crippen LogP contribution in [-0.2, 0) is 6.18 Å². The Labute approximate surface area is 95.3 Å². The van der Waals surface area contributed by atoms with E-state index >= 15 is 0 Å². The van der Waals surface area contributed by atoms with Crippen molar-refractivity contribution in [3.05, 3.63) is 37.8 Å². The standard InChI is InChI=1S/C8H3BrF3NO3/c9-5-1-2-6(13(15)16)4(3-14)7(5)8(10,11)12/h1-3H. The van der Waals surface area contributed by atoms with Crippen molar-refractivity contribution in [1.29, 1.82) is 0 Å². The molecule has 0 aliphatic heterocycles. The highest BCUT2D eigenvalue weighted by Gasteiger charge is 2.38. The maximum absolute atomic E-state index is 12.5. The Bertz CT molecular complexity index is 459. The normalized spacial score (nSPS) is 11.2. The quantitative estimate of drug-likeness (QED) is 0.478. The van der Waals surface area contributed by atoms with Crippen molar-refractivity contribution in [1.82, 2.24) is 0 Å². The van der Waals surface area contributed by atoms with Crippen molar-refractivity contribution in [2.24, 2.45) is 0 Å². The second kappa shape index (κ2) is 4.20. The van der Waals surface area contributed by atoms with Crippen LogP contribution < -0.4 is 0 Å². The molecule has 16 heavy (non-hydrogen) atoms. The molecule has 0 fully saturated rings. The summed E-state index contributed by atoms with van der Waals surface area (Å²) in [6, 6.07) is 1.72. The molecule has 8 heteroatoms. The molecule has 0 bridgehead atoms. The third-order valence-electron chi connectivity index (χ3n) is 1.77. The molecular weight excluding hydrogens is 295 g/mol. The maximum atomic E-state index is 12.5. The number of nitro benzene ring substituents is 1. The van der Waals surface area contributed by atoms with Crippen LogP contribution in [0.1, 0.15) is 15.9 Å². The maximum Gasteiger partial charge on any atom is 0.418 e. The molecular formula is C8H3BrF3NO3. The molecule has 1 aromatic rings. The molecule has 0 amide bonds. The first-order chi connectivity index (χ1) is 7.29. The highest BCUT2D eigenvalue weighted by Crippen LogP contribution is 2.39. The van der Waals surface area contributed by atoms with E-state index in [1.165, 1.54) is 0 Å². The number of hydrogen-bond acceptors (Lipinski definition) is 3. The summed E-state index contributed by atoms with van der Waals surface area (Å²) in [4.78, 5) is 19.9. The SMILES string of the molecule is O=Cc1c([N+](=O)[O-])ccc(Br)c1C(F)(F)F. The zero-order chi connectivity index (χ0) is 12.5. The van der Waals surface area contributed by atoms with Crippen LogP contribution in [0.3, 0.4) is 0 Å². The zero-order valence-corrected chi connectivity index (χ0v) is 9.00. The Morgan fingerprint density at radius 2 is 1.94 bits per heavy atom. The van der Waals surface area contributed by atoms with Crippen molar-refractivity contribution >= 4 is 27.9 Å². The van der Waals surface area contributed by atoms with E-state index in [4.69, 9.17) is 0 Å². The number of aldehydes is 1.